The Morgan fingerprint density at radius 1 is 1.08 bits per heavy atom. The molecule has 3 N–H and O–H groups in total. The summed E-state index contributed by atoms with van der Waals surface area (Å²) in [5.74, 6) is -2.47. The van der Waals surface area contributed by atoms with Crippen LogP contribution in [-0.2, 0) is 26.5 Å². The highest BCUT2D eigenvalue weighted by molar-refractivity contribution is 6.24. The quantitative estimate of drug-likeness (QED) is 0.454. The predicted molar refractivity (Wildman–Crippen MR) is 85.9 cm³/mol. The number of benzene rings is 1. The van der Waals surface area contributed by atoms with Crippen LogP contribution in [0.25, 0.3) is 0 Å². The molecular formula is C17H14N4O4. The second kappa shape index (κ2) is 5.04. The van der Waals surface area contributed by atoms with Crippen molar-refractivity contribution >= 4 is 29.3 Å². The van der Waals surface area contributed by atoms with Gasteiger partial charge in [0.05, 0.1) is 13.0 Å². The van der Waals surface area contributed by atoms with Gasteiger partial charge in [0.2, 0.25) is 11.4 Å². The summed E-state index contributed by atoms with van der Waals surface area (Å²) in [6.45, 7) is -0.00759. The van der Waals surface area contributed by atoms with Gasteiger partial charge in [-0.1, -0.05) is 12.1 Å². The van der Waals surface area contributed by atoms with E-state index in [9.17, 15) is 19.2 Å². The van der Waals surface area contributed by atoms with E-state index in [0.717, 1.165) is 4.90 Å². The molecule has 1 atom stereocenters. The molecule has 0 radical (unpaired) electrons. The molecule has 2 aliphatic rings. The number of aromatic nitrogens is 1. The molecule has 1 spiro atoms. The molecule has 0 saturated carbocycles. The van der Waals surface area contributed by atoms with Gasteiger partial charge >= 0.3 is 0 Å². The van der Waals surface area contributed by atoms with Gasteiger partial charge in [0, 0.05) is 11.9 Å². The maximum absolute atomic E-state index is 13.1. The molecule has 1 unspecified atom stereocenters. The molecule has 8 heteroatoms. The van der Waals surface area contributed by atoms with Gasteiger partial charge in [-0.25, -0.2) is 0 Å². The summed E-state index contributed by atoms with van der Waals surface area (Å²) < 4.78 is 1.30. The van der Waals surface area contributed by atoms with Crippen molar-refractivity contribution in [3.8, 4) is 0 Å². The van der Waals surface area contributed by atoms with Crippen molar-refractivity contribution in [1.82, 2.24) is 14.8 Å². The largest absolute Gasteiger partial charge is 0.399 e. The maximum Gasteiger partial charge on any atom is 0.277 e. The van der Waals surface area contributed by atoms with Crippen LogP contribution in [-0.4, -0.2) is 33.1 Å². The molecule has 4 amide bonds. The number of nitrogen functional groups attached to an aromatic ring is 1. The van der Waals surface area contributed by atoms with Crippen LogP contribution in [0.1, 0.15) is 22.5 Å². The van der Waals surface area contributed by atoms with Crippen LogP contribution in [0, 0.1) is 0 Å². The Labute approximate surface area is 142 Å². The number of carbonyl (C=O) groups excluding carboxylic acids is 4. The second-order valence-electron chi connectivity index (χ2n) is 6.12. The van der Waals surface area contributed by atoms with Crippen molar-refractivity contribution in [3.63, 3.8) is 0 Å². The average molecular weight is 338 g/mol. The van der Waals surface area contributed by atoms with E-state index >= 15 is 0 Å². The third-order valence-electron chi connectivity index (χ3n) is 4.59. The fourth-order valence-corrected chi connectivity index (χ4v) is 3.35. The standard InChI is InChI=1S/C17H14N4O4/c18-11-5-3-10(4-6-11)9-20-14(23)12-2-1-7-21(12)17(16(20)25)8-13(22)19-15(17)24/h1-7H,8-9,18H2,(H,19,22,24). The highest BCUT2D eigenvalue weighted by atomic mass is 16.2. The van der Waals surface area contributed by atoms with Crippen molar-refractivity contribution < 1.29 is 19.2 Å². The van der Waals surface area contributed by atoms with E-state index in [0.29, 0.717) is 11.3 Å². The fourth-order valence-electron chi connectivity index (χ4n) is 3.35. The maximum atomic E-state index is 13.1. The highest BCUT2D eigenvalue weighted by Gasteiger charge is 2.60. The highest BCUT2D eigenvalue weighted by Crippen LogP contribution is 2.35. The molecule has 25 heavy (non-hydrogen) atoms. The first kappa shape index (κ1) is 15.1. The topological polar surface area (TPSA) is 114 Å². The number of nitrogens with two attached hydrogens (primary N) is 1. The van der Waals surface area contributed by atoms with Crippen molar-refractivity contribution in [2.45, 2.75) is 18.5 Å². The van der Waals surface area contributed by atoms with Crippen LogP contribution >= 0.6 is 0 Å². The zero-order valence-electron chi connectivity index (χ0n) is 13.1. The lowest BCUT2D eigenvalue weighted by molar-refractivity contribution is -0.147. The number of nitrogens with one attached hydrogen (secondary N) is 1. The minimum absolute atomic E-state index is 0.00759. The minimum Gasteiger partial charge on any atom is -0.399 e. The lowest BCUT2D eigenvalue weighted by Crippen LogP contribution is -2.60. The van der Waals surface area contributed by atoms with Gasteiger partial charge in [0.15, 0.2) is 0 Å². The van der Waals surface area contributed by atoms with E-state index in [1.165, 1.54) is 16.8 Å². The van der Waals surface area contributed by atoms with Gasteiger partial charge in [-0.15, -0.1) is 0 Å². The summed E-state index contributed by atoms with van der Waals surface area (Å²) in [4.78, 5) is 51.1. The van der Waals surface area contributed by atoms with Crippen LogP contribution < -0.4 is 11.1 Å². The summed E-state index contributed by atoms with van der Waals surface area (Å²) in [6.07, 6.45) is 1.15. The first-order valence-electron chi connectivity index (χ1n) is 7.66. The Balaban J connectivity index is 1.81. The second-order valence-corrected chi connectivity index (χ2v) is 6.12. The van der Waals surface area contributed by atoms with Crippen LogP contribution in [0.15, 0.2) is 42.6 Å². The van der Waals surface area contributed by atoms with E-state index in [2.05, 4.69) is 5.32 Å². The first-order valence-corrected chi connectivity index (χ1v) is 7.66. The van der Waals surface area contributed by atoms with E-state index in [-0.39, 0.29) is 18.7 Å². The summed E-state index contributed by atoms with van der Waals surface area (Å²) in [6, 6.07) is 9.84. The van der Waals surface area contributed by atoms with Crippen LogP contribution in [0.5, 0.6) is 0 Å². The molecule has 8 nitrogen and oxygen atoms in total. The summed E-state index contributed by atoms with van der Waals surface area (Å²) in [5.41, 5.74) is 5.36. The number of fused-ring (bicyclic) bond motifs is 2. The zero-order valence-corrected chi connectivity index (χ0v) is 13.1. The molecule has 1 aromatic heterocycles. The molecule has 2 aromatic rings. The molecule has 1 fully saturated rings. The molecule has 0 bridgehead atoms. The summed E-state index contributed by atoms with van der Waals surface area (Å²) in [7, 11) is 0. The lowest BCUT2D eigenvalue weighted by Gasteiger charge is -2.37. The fraction of sp³-hybridized carbons (Fsp3) is 0.176. The van der Waals surface area contributed by atoms with Gasteiger partial charge in [0.25, 0.3) is 17.7 Å². The molecule has 3 heterocycles. The number of carbonyl (C=O) groups is 4. The van der Waals surface area contributed by atoms with Crippen molar-refractivity contribution in [2.24, 2.45) is 0 Å². The van der Waals surface area contributed by atoms with Gasteiger partial charge in [-0.2, -0.15) is 0 Å². The first-order chi connectivity index (χ1) is 11.9. The zero-order chi connectivity index (χ0) is 17.8. The third-order valence-corrected chi connectivity index (χ3v) is 4.59. The molecule has 2 aliphatic heterocycles. The van der Waals surface area contributed by atoms with E-state index in [4.69, 9.17) is 5.73 Å². The van der Waals surface area contributed by atoms with Crippen molar-refractivity contribution in [1.29, 1.82) is 0 Å². The molecule has 126 valence electrons. The average Bonchev–Trinajstić information content (AvgIpc) is 3.17. The molecule has 0 aliphatic carbocycles. The van der Waals surface area contributed by atoms with Crippen LogP contribution in [0.2, 0.25) is 0 Å². The molecular weight excluding hydrogens is 324 g/mol. The molecule has 4 rings (SSSR count). The molecule has 1 aromatic carbocycles. The van der Waals surface area contributed by atoms with Crippen LogP contribution in [0.4, 0.5) is 5.69 Å². The third kappa shape index (κ3) is 2.00. The Morgan fingerprint density at radius 2 is 1.80 bits per heavy atom. The van der Waals surface area contributed by atoms with E-state index < -0.39 is 29.2 Å². The van der Waals surface area contributed by atoms with Gasteiger partial charge in [-0.3, -0.25) is 29.4 Å². The molecule has 1 saturated heterocycles. The number of imide groups is 2. The Hall–Kier alpha value is -3.42. The van der Waals surface area contributed by atoms with E-state index in [1.54, 1.807) is 30.3 Å². The Morgan fingerprint density at radius 3 is 2.44 bits per heavy atom. The van der Waals surface area contributed by atoms with Gasteiger partial charge in [0.1, 0.15) is 5.69 Å². The number of rotatable bonds is 2. The number of hydrogen-bond acceptors (Lipinski definition) is 5. The monoisotopic (exact) mass is 338 g/mol. The van der Waals surface area contributed by atoms with Crippen molar-refractivity contribution in [3.05, 3.63) is 53.9 Å². The normalized spacial score (nSPS) is 22.5. The SMILES string of the molecule is Nc1ccc(CN2C(=O)c3cccn3C3(CC(=O)NC3=O)C2=O)cc1. The number of hydrogen-bond donors (Lipinski definition) is 2. The Bertz CT molecular complexity index is 930. The van der Waals surface area contributed by atoms with Crippen molar-refractivity contribution in [2.75, 3.05) is 5.73 Å². The number of nitrogens with zero attached hydrogens (tertiary/aromatic N) is 2. The predicted octanol–water partition coefficient (Wildman–Crippen LogP) is -0.00530. The summed E-state index contributed by atoms with van der Waals surface area (Å²) in [5, 5.41) is 2.17. The Kier molecular flexibility index (Phi) is 3.05. The minimum atomic E-state index is -1.74. The summed E-state index contributed by atoms with van der Waals surface area (Å²) >= 11 is 0. The van der Waals surface area contributed by atoms with Crippen LogP contribution in [0.3, 0.4) is 0 Å². The van der Waals surface area contributed by atoms with Gasteiger partial charge in [-0.05, 0) is 29.8 Å². The number of amides is 4. The lowest BCUT2D eigenvalue weighted by atomic mass is 9.91. The van der Waals surface area contributed by atoms with Gasteiger partial charge < -0.3 is 10.3 Å². The van der Waals surface area contributed by atoms with E-state index in [1.807, 2.05) is 0 Å². The smallest absolute Gasteiger partial charge is 0.277 e. The number of anilines is 1.